The molecule has 4 heteroatoms. The molecule has 0 unspecified atom stereocenters. The Labute approximate surface area is 108 Å². The van der Waals surface area contributed by atoms with Crippen molar-refractivity contribution in [3.05, 3.63) is 29.6 Å². The van der Waals surface area contributed by atoms with Crippen molar-refractivity contribution in [2.45, 2.75) is 32.8 Å². The van der Waals surface area contributed by atoms with Gasteiger partial charge in [0.05, 0.1) is 12.7 Å². The van der Waals surface area contributed by atoms with E-state index in [2.05, 4.69) is 6.92 Å². The summed E-state index contributed by atoms with van der Waals surface area (Å²) in [6.07, 6.45) is 1.33. The number of unbranched alkanes of at least 4 members (excludes halogenated alkanes) is 1. The summed E-state index contributed by atoms with van der Waals surface area (Å²) in [5.41, 5.74) is 0.279. The molecule has 0 aliphatic carbocycles. The number of rotatable bonds is 8. The van der Waals surface area contributed by atoms with E-state index >= 15 is 0 Å². The second-order valence-electron chi connectivity index (χ2n) is 4.17. The van der Waals surface area contributed by atoms with Crippen LogP contribution in [0, 0.1) is 5.82 Å². The summed E-state index contributed by atoms with van der Waals surface area (Å²) in [5.74, 6) is 0.00499. The molecule has 0 aromatic heterocycles. The second-order valence-corrected chi connectivity index (χ2v) is 4.17. The number of hydrogen-bond acceptors (Lipinski definition) is 3. The maximum absolute atomic E-state index is 13.5. The minimum atomic E-state index is -0.809. The van der Waals surface area contributed by atoms with Gasteiger partial charge >= 0.3 is 0 Å². The van der Waals surface area contributed by atoms with Gasteiger partial charge in [0.15, 0.2) is 0 Å². The largest absolute Gasteiger partial charge is 0.491 e. The molecule has 0 radical (unpaired) electrons. The third-order valence-electron chi connectivity index (χ3n) is 2.56. The molecule has 0 aliphatic rings. The van der Waals surface area contributed by atoms with Gasteiger partial charge in [-0.05, 0) is 25.5 Å². The van der Waals surface area contributed by atoms with Crippen LogP contribution >= 0.6 is 0 Å². The summed E-state index contributed by atoms with van der Waals surface area (Å²) in [4.78, 5) is 0. The highest BCUT2D eigenvalue weighted by Crippen LogP contribution is 2.21. The Morgan fingerprint density at radius 3 is 2.67 bits per heavy atom. The predicted molar refractivity (Wildman–Crippen MR) is 68.3 cm³/mol. The molecule has 0 amide bonds. The van der Waals surface area contributed by atoms with Crippen LogP contribution in [0.3, 0.4) is 0 Å². The Kier molecular flexibility index (Phi) is 6.68. The first-order valence-electron chi connectivity index (χ1n) is 6.33. The Morgan fingerprint density at radius 1 is 1.28 bits per heavy atom. The van der Waals surface area contributed by atoms with Crippen molar-refractivity contribution in [1.29, 1.82) is 0 Å². The lowest BCUT2D eigenvalue weighted by molar-refractivity contribution is 0.0979. The van der Waals surface area contributed by atoms with Gasteiger partial charge in [-0.15, -0.1) is 0 Å². The Balaban J connectivity index is 2.33. The molecule has 18 heavy (non-hydrogen) atoms. The normalized spacial score (nSPS) is 12.4. The number of benzene rings is 1. The SMILES string of the molecule is CCCCOCCOc1ccc([C@@H](C)O)c(F)c1. The van der Waals surface area contributed by atoms with Gasteiger partial charge in [0.1, 0.15) is 18.2 Å². The maximum atomic E-state index is 13.5. The van der Waals surface area contributed by atoms with Gasteiger partial charge in [0, 0.05) is 18.2 Å². The van der Waals surface area contributed by atoms with Crippen LogP contribution in [0.15, 0.2) is 18.2 Å². The fourth-order valence-corrected chi connectivity index (χ4v) is 1.50. The summed E-state index contributed by atoms with van der Waals surface area (Å²) in [6, 6.07) is 4.47. The molecule has 1 aromatic carbocycles. The topological polar surface area (TPSA) is 38.7 Å². The zero-order chi connectivity index (χ0) is 13.4. The van der Waals surface area contributed by atoms with Crippen LogP contribution in [0.25, 0.3) is 0 Å². The summed E-state index contributed by atoms with van der Waals surface area (Å²) < 4.78 is 24.2. The monoisotopic (exact) mass is 256 g/mol. The van der Waals surface area contributed by atoms with E-state index in [1.54, 1.807) is 6.07 Å². The van der Waals surface area contributed by atoms with Gasteiger partial charge in [-0.3, -0.25) is 0 Å². The predicted octanol–water partition coefficient (Wildman–Crippen LogP) is 3.07. The fourth-order valence-electron chi connectivity index (χ4n) is 1.50. The van der Waals surface area contributed by atoms with Crippen molar-refractivity contribution in [2.75, 3.05) is 19.8 Å². The number of halogens is 1. The van der Waals surface area contributed by atoms with E-state index in [9.17, 15) is 9.50 Å². The molecule has 0 aliphatic heterocycles. The molecule has 0 fully saturated rings. The van der Waals surface area contributed by atoms with E-state index in [1.165, 1.54) is 19.1 Å². The highest BCUT2D eigenvalue weighted by Gasteiger charge is 2.08. The molecular weight excluding hydrogens is 235 g/mol. The summed E-state index contributed by atoms with van der Waals surface area (Å²) in [5, 5.41) is 9.29. The first-order chi connectivity index (χ1) is 8.65. The first-order valence-corrected chi connectivity index (χ1v) is 6.33. The Bertz CT molecular complexity index is 353. The van der Waals surface area contributed by atoms with Gasteiger partial charge < -0.3 is 14.6 Å². The molecule has 0 saturated heterocycles. The van der Waals surface area contributed by atoms with Crippen LogP contribution in [0.2, 0.25) is 0 Å². The third-order valence-corrected chi connectivity index (χ3v) is 2.56. The van der Waals surface area contributed by atoms with Crippen molar-refractivity contribution in [1.82, 2.24) is 0 Å². The van der Waals surface area contributed by atoms with Crippen LogP contribution in [-0.2, 0) is 4.74 Å². The Hall–Kier alpha value is -1.13. The number of aliphatic hydroxyl groups is 1. The highest BCUT2D eigenvalue weighted by molar-refractivity contribution is 5.29. The second kappa shape index (κ2) is 8.06. The molecule has 0 heterocycles. The third kappa shape index (κ3) is 5.02. The van der Waals surface area contributed by atoms with Crippen LogP contribution < -0.4 is 4.74 Å². The molecule has 1 atom stereocenters. The minimum Gasteiger partial charge on any atom is -0.491 e. The highest BCUT2D eigenvalue weighted by atomic mass is 19.1. The average Bonchev–Trinajstić information content (AvgIpc) is 2.33. The van der Waals surface area contributed by atoms with E-state index in [4.69, 9.17) is 9.47 Å². The summed E-state index contributed by atoms with van der Waals surface area (Å²) in [6.45, 7) is 5.26. The number of hydrogen-bond donors (Lipinski definition) is 1. The quantitative estimate of drug-likeness (QED) is 0.726. The molecule has 3 nitrogen and oxygen atoms in total. The zero-order valence-electron chi connectivity index (χ0n) is 11.0. The van der Waals surface area contributed by atoms with E-state index in [-0.39, 0.29) is 5.56 Å². The molecule has 1 rings (SSSR count). The lowest BCUT2D eigenvalue weighted by atomic mass is 10.1. The summed E-state index contributed by atoms with van der Waals surface area (Å²) >= 11 is 0. The first kappa shape index (κ1) is 14.9. The lowest BCUT2D eigenvalue weighted by Gasteiger charge is -2.10. The molecule has 1 aromatic rings. The molecule has 0 bridgehead atoms. The Morgan fingerprint density at radius 2 is 2.06 bits per heavy atom. The van der Waals surface area contributed by atoms with Crippen LogP contribution in [0.5, 0.6) is 5.75 Å². The number of ether oxygens (including phenoxy) is 2. The van der Waals surface area contributed by atoms with E-state index in [1.807, 2.05) is 0 Å². The lowest BCUT2D eigenvalue weighted by Crippen LogP contribution is -2.08. The maximum Gasteiger partial charge on any atom is 0.132 e. The van der Waals surface area contributed by atoms with Crippen molar-refractivity contribution in [3.63, 3.8) is 0 Å². The van der Waals surface area contributed by atoms with Gasteiger partial charge in [-0.1, -0.05) is 13.3 Å². The molecule has 0 spiro atoms. The van der Waals surface area contributed by atoms with E-state index in [0.29, 0.717) is 19.0 Å². The van der Waals surface area contributed by atoms with Gasteiger partial charge in [0.2, 0.25) is 0 Å². The van der Waals surface area contributed by atoms with Gasteiger partial charge in [-0.2, -0.15) is 0 Å². The van der Waals surface area contributed by atoms with Crippen LogP contribution in [0.4, 0.5) is 4.39 Å². The molecule has 0 saturated carbocycles. The smallest absolute Gasteiger partial charge is 0.132 e. The van der Waals surface area contributed by atoms with Crippen molar-refractivity contribution in [3.8, 4) is 5.75 Å². The standard InChI is InChI=1S/C14H21FO3/c1-3-4-7-17-8-9-18-12-5-6-13(11(2)16)14(15)10-12/h5-6,10-11,16H,3-4,7-9H2,1-2H3/t11-/m1/s1. The van der Waals surface area contributed by atoms with Crippen molar-refractivity contribution >= 4 is 0 Å². The minimum absolute atomic E-state index is 0.279. The van der Waals surface area contributed by atoms with Crippen molar-refractivity contribution in [2.24, 2.45) is 0 Å². The van der Waals surface area contributed by atoms with E-state index in [0.717, 1.165) is 19.4 Å². The van der Waals surface area contributed by atoms with E-state index < -0.39 is 11.9 Å². The zero-order valence-corrected chi connectivity index (χ0v) is 11.0. The number of aliphatic hydroxyl groups excluding tert-OH is 1. The van der Waals surface area contributed by atoms with Gasteiger partial charge in [-0.25, -0.2) is 4.39 Å². The fraction of sp³-hybridized carbons (Fsp3) is 0.571. The average molecular weight is 256 g/mol. The summed E-state index contributed by atoms with van der Waals surface area (Å²) in [7, 11) is 0. The van der Waals surface area contributed by atoms with Gasteiger partial charge in [0.25, 0.3) is 0 Å². The van der Waals surface area contributed by atoms with Crippen molar-refractivity contribution < 1.29 is 19.0 Å². The molecular formula is C14H21FO3. The van der Waals surface area contributed by atoms with Crippen LogP contribution in [0.1, 0.15) is 38.4 Å². The molecule has 102 valence electrons. The van der Waals surface area contributed by atoms with Crippen LogP contribution in [-0.4, -0.2) is 24.9 Å². The molecule has 1 N–H and O–H groups in total.